The molecule has 166 valence electrons. The van der Waals surface area contributed by atoms with Gasteiger partial charge in [0, 0.05) is 0 Å². The van der Waals surface area contributed by atoms with Crippen molar-refractivity contribution in [3.05, 3.63) is 139 Å². The predicted molar refractivity (Wildman–Crippen MR) is 111 cm³/mol. The molecule has 0 heterocycles. The van der Waals surface area contributed by atoms with Crippen molar-refractivity contribution in [2.24, 2.45) is 0 Å². The first-order valence-corrected chi connectivity index (χ1v) is 8.90. The number of hydrogen-bond acceptors (Lipinski definition) is 0. The second-order valence-electron chi connectivity index (χ2n) is 5.51. The molecule has 0 unspecified atom stereocenters. The van der Waals surface area contributed by atoms with E-state index in [1.165, 1.54) is 11.8 Å². The minimum atomic E-state index is 0. The Hall–Kier alpha value is 1.71. The summed E-state index contributed by atoms with van der Waals surface area (Å²) in [5.41, 5.74) is 13.8. The zero-order valence-electron chi connectivity index (χ0n) is 16.6. The second kappa shape index (κ2) is 30.7. The van der Waals surface area contributed by atoms with Crippen molar-refractivity contribution in [1.82, 2.24) is 0 Å². The first-order chi connectivity index (χ1) is 12.9. The molecule has 2 nitrogen and oxygen atoms in total. The molecule has 4 fully saturated rings. The Morgan fingerprint density at radius 3 is 0.800 bits per heavy atom. The van der Waals surface area contributed by atoms with Crippen molar-refractivity contribution in [3.63, 3.8) is 0 Å². The third-order valence-corrected chi connectivity index (χ3v) is 3.40. The molecular formula is C24H28Cl2FeN2Pt. The first-order valence-electron chi connectivity index (χ1n) is 8.90. The van der Waals surface area contributed by atoms with E-state index in [9.17, 15) is 0 Å². The molecule has 2 N–H and O–H groups in total. The van der Waals surface area contributed by atoms with E-state index in [2.05, 4.69) is 25.7 Å². The molecule has 4 saturated carbocycles. The van der Waals surface area contributed by atoms with Crippen LogP contribution in [0.4, 0.5) is 0 Å². The third kappa shape index (κ3) is 24.4. The molecular weight excluding hydrogens is 638 g/mol. The Balaban J connectivity index is -0.000000147. The summed E-state index contributed by atoms with van der Waals surface area (Å²) in [7, 11) is 0. The van der Waals surface area contributed by atoms with Gasteiger partial charge in [-0.15, -0.1) is 0 Å². The average Bonchev–Trinajstić information content (AvgIpc) is 3.48. The predicted octanol–water partition coefficient (Wildman–Crippen LogP) is -0.286. The summed E-state index contributed by atoms with van der Waals surface area (Å²) >= 11 is 0. The van der Waals surface area contributed by atoms with Gasteiger partial charge in [0.1, 0.15) is 0 Å². The van der Waals surface area contributed by atoms with E-state index >= 15 is 0 Å². The van der Waals surface area contributed by atoms with Crippen LogP contribution in [0.1, 0.15) is 12.8 Å². The number of rotatable bonds is 4. The Morgan fingerprint density at radius 1 is 0.433 bits per heavy atom. The minimum absolute atomic E-state index is 0. The molecule has 0 amide bonds. The maximum atomic E-state index is 6.88. The zero-order valence-corrected chi connectivity index (χ0v) is 21.5. The van der Waals surface area contributed by atoms with E-state index in [1.54, 1.807) is 0 Å². The molecule has 4 aliphatic rings. The Kier molecular flexibility index (Phi) is 39.9. The molecule has 20 radical (unpaired) electrons. The van der Waals surface area contributed by atoms with Crippen molar-refractivity contribution >= 4 is 0 Å². The average molecular weight is 666 g/mol. The maximum absolute atomic E-state index is 6.88. The first kappa shape index (κ1) is 38.9. The summed E-state index contributed by atoms with van der Waals surface area (Å²) in [4.78, 5) is 0. The van der Waals surface area contributed by atoms with Crippen LogP contribution in [0.2, 0.25) is 0 Å². The van der Waals surface area contributed by atoms with Crippen LogP contribution in [-0.4, -0.2) is 13.1 Å². The Labute approximate surface area is 226 Å². The van der Waals surface area contributed by atoms with E-state index in [4.69, 9.17) is 11.5 Å². The van der Waals surface area contributed by atoms with Crippen LogP contribution in [0.25, 0.3) is 11.5 Å². The summed E-state index contributed by atoms with van der Waals surface area (Å²) in [6, 6.07) is 0. The number of nitrogens with one attached hydrogen (secondary N) is 2. The Bertz CT molecular complexity index is 239. The molecule has 0 aromatic carbocycles. The monoisotopic (exact) mass is 665 g/mol. The van der Waals surface area contributed by atoms with Gasteiger partial charge in [-0.25, -0.2) is 0 Å². The molecule has 0 aromatic rings. The van der Waals surface area contributed by atoms with Gasteiger partial charge in [0.2, 0.25) is 0 Å². The van der Waals surface area contributed by atoms with Crippen LogP contribution in [0, 0.1) is 127 Å². The van der Waals surface area contributed by atoms with Crippen molar-refractivity contribution in [1.29, 1.82) is 0 Å². The minimum Gasteiger partial charge on any atom is -1.00 e. The smallest absolute Gasteiger partial charge is 1.00 e. The van der Waals surface area contributed by atoms with Crippen molar-refractivity contribution in [2.45, 2.75) is 12.8 Å². The quantitative estimate of drug-likeness (QED) is 0.371. The summed E-state index contributed by atoms with van der Waals surface area (Å²) < 4.78 is 0. The molecule has 0 aliphatic heterocycles. The largest absolute Gasteiger partial charge is 2.00 e. The van der Waals surface area contributed by atoms with E-state index in [1.807, 2.05) is 89.9 Å². The Morgan fingerprint density at radius 2 is 0.633 bits per heavy atom. The fraction of sp³-hybridized carbons (Fsp3) is 0.167. The van der Waals surface area contributed by atoms with Crippen LogP contribution in [0.15, 0.2) is 0 Å². The maximum Gasteiger partial charge on any atom is 2.00 e. The van der Waals surface area contributed by atoms with Gasteiger partial charge in [0.05, 0.1) is 0 Å². The standard InChI is InChI=1S/2C7H9N.2C5H5.2ClH.Fe.Pt/c2*8-6-5-7-3-1-2-4-7;2*1-2-4-5-3-1;;;;/h2*1-4,8H,5-6H2;2*1-5H;2*1H;;/q2*-1;;;;;2*+2/p-2. The van der Waals surface area contributed by atoms with E-state index in [0.717, 1.165) is 12.8 Å². The van der Waals surface area contributed by atoms with Crippen molar-refractivity contribution < 1.29 is 62.9 Å². The topological polar surface area (TPSA) is 47.6 Å². The third-order valence-electron chi connectivity index (χ3n) is 3.40. The van der Waals surface area contributed by atoms with Crippen LogP contribution in [-0.2, 0) is 38.1 Å². The fourth-order valence-corrected chi connectivity index (χ4v) is 2.09. The van der Waals surface area contributed by atoms with Gasteiger partial charge in [-0.3, -0.25) is 0 Å². The normalized spacial score (nSPS) is 19.8. The van der Waals surface area contributed by atoms with Gasteiger partial charge in [-0.2, -0.15) is 13.1 Å². The van der Waals surface area contributed by atoms with Gasteiger partial charge >= 0.3 is 38.1 Å². The molecule has 6 heteroatoms. The molecule has 0 saturated heterocycles. The summed E-state index contributed by atoms with van der Waals surface area (Å²) in [6.45, 7) is 1.01. The van der Waals surface area contributed by atoms with Crippen LogP contribution >= 0.6 is 0 Å². The van der Waals surface area contributed by atoms with Gasteiger partial charge in [0.25, 0.3) is 0 Å². The molecule has 0 aromatic heterocycles. The van der Waals surface area contributed by atoms with Gasteiger partial charge in [0.15, 0.2) is 0 Å². The van der Waals surface area contributed by atoms with E-state index < -0.39 is 0 Å². The molecule has 30 heavy (non-hydrogen) atoms. The second-order valence-corrected chi connectivity index (χ2v) is 5.51. The fourth-order valence-electron chi connectivity index (χ4n) is 2.09. The number of hydrogen-bond donors (Lipinski definition) is 0. The molecule has 0 bridgehead atoms. The van der Waals surface area contributed by atoms with Gasteiger partial charge < -0.3 is 36.3 Å². The zero-order chi connectivity index (χ0) is 18.7. The molecule has 0 atom stereocenters. The molecule has 4 aliphatic carbocycles. The summed E-state index contributed by atoms with van der Waals surface area (Å²) in [5.74, 6) is 2.56. The SMILES string of the molecule is [CH]1[CH][CH][CH][CH]1.[CH]1[CH][CH][CH][CH]1.[Cl-].[Cl-].[Fe+2].[NH-]CC[C]1[CH][CH][CH][CH]1.[NH-]CC[C]1[CH][CH][CH][CH]1.[Pt+2]. The molecule has 0 spiro atoms. The van der Waals surface area contributed by atoms with Gasteiger partial charge in [-0.05, 0) is 127 Å². The van der Waals surface area contributed by atoms with E-state index in [-0.39, 0.29) is 62.9 Å². The summed E-state index contributed by atoms with van der Waals surface area (Å²) in [5, 5.41) is 0. The number of halogens is 2. The van der Waals surface area contributed by atoms with Crippen LogP contribution in [0.5, 0.6) is 0 Å². The molecule has 4 rings (SSSR count). The summed E-state index contributed by atoms with van der Waals surface area (Å²) in [6.07, 6.45) is 38.0. The van der Waals surface area contributed by atoms with E-state index in [0.29, 0.717) is 13.1 Å². The van der Waals surface area contributed by atoms with Crippen LogP contribution in [0.3, 0.4) is 0 Å². The van der Waals surface area contributed by atoms with Gasteiger partial charge in [-0.1, -0.05) is 12.8 Å². The van der Waals surface area contributed by atoms with Crippen LogP contribution < -0.4 is 24.8 Å². The van der Waals surface area contributed by atoms with Crippen molar-refractivity contribution in [2.75, 3.05) is 13.1 Å². The van der Waals surface area contributed by atoms with Crippen molar-refractivity contribution in [3.8, 4) is 0 Å².